The van der Waals surface area contributed by atoms with Gasteiger partial charge in [-0.05, 0) is 18.5 Å². The Bertz CT molecular complexity index is 70.7. The van der Waals surface area contributed by atoms with Crippen molar-refractivity contribution in [2.45, 2.75) is 19.8 Å². The van der Waals surface area contributed by atoms with Gasteiger partial charge in [-0.2, -0.15) is 0 Å². The molecule has 0 saturated heterocycles. The molecule has 3 nitrogen and oxygen atoms in total. The summed E-state index contributed by atoms with van der Waals surface area (Å²) >= 11 is 1.49. The molecule has 0 aromatic rings. The summed E-state index contributed by atoms with van der Waals surface area (Å²) in [6.07, 6.45) is 2.40. The number of rotatable bonds is 9. The SMILES string of the molecule is CCCCSOCCOCCO. The summed E-state index contributed by atoms with van der Waals surface area (Å²) in [6.45, 7) is 3.82. The highest BCUT2D eigenvalue weighted by molar-refractivity contribution is 7.94. The van der Waals surface area contributed by atoms with Crippen molar-refractivity contribution >= 4 is 12.0 Å². The van der Waals surface area contributed by atoms with E-state index in [9.17, 15) is 0 Å². The third kappa shape index (κ3) is 10.2. The van der Waals surface area contributed by atoms with Gasteiger partial charge in [0.15, 0.2) is 0 Å². The third-order valence-electron chi connectivity index (χ3n) is 1.21. The maximum atomic E-state index is 8.37. The van der Waals surface area contributed by atoms with Crippen LogP contribution in [-0.4, -0.2) is 37.3 Å². The lowest BCUT2D eigenvalue weighted by atomic mass is 10.4. The maximum Gasteiger partial charge on any atom is 0.0847 e. The van der Waals surface area contributed by atoms with Crippen LogP contribution in [0.5, 0.6) is 0 Å². The highest BCUT2D eigenvalue weighted by Crippen LogP contribution is 2.05. The molecule has 0 radical (unpaired) electrons. The first-order valence-corrected chi connectivity index (χ1v) is 5.26. The molecule has 0 aliphatic heterocycles. The summed E-state index contributed by atoms with van der Waals surface area (Å²) in [5.41, 5.74) is 0. The standard InChI is InChI=1S/C8H18O3S/c1-2-3-8-12-11-7-6-10-5-4-9/h9H,2-8H2,1H3. The zero-order valence-electron chi connectivity index (χ0n) is 7.62. The molecule has 0 aliphatic rings. The normalized spacial score (nSPS) is 10.5. The van der Waals surface area contributed by atoms with Crippen LogP contribution in [0.1, 0.15) is 19.8 Å². The maximum absolute atomic E-state index is 8.37. The third-order valence-corrected chi connectivity index (χ3v) is 2.00. The molecule has 0 atom stereocenters. The minimum Gasteiger partial charge on any atom is -0.394 e. The molecule has 0 aromatic heterocycles. The molecule has 0 unspecified atom stereocenters. The first kappa shape index (κ1) is 12.2. The first-order valence-electron chi connectivity index (χ1n) is 4.34. The van der Waals surface area contributed by atoms with E-state index >= 15 is 0 Å². The van der Waals surface area contributed by atoms with Crippen molar-refractivity contribution in [3.63, 3.8) is 0 Å². The van der Waals surface area contributed by atoms with E-state index in [2.05, 4.69) is 6.92 Å². The molecule has 0 aliphatic carbocycles. The molecule has 74 valence electrons. The van der Waals surface area contributed by atoms with E-state index in [-0.39, 0.29) is 6.61 Å². The van der Waals surface area contributed by atoms with E-state index in [1.807, 2.05) is 0 Å². The Hall–Kier alpha value is 0.230. The number of aliphatic hydroxyl groups is 1. The van der Waals surface area contributed by atoms with Crippen molar-refractivity contribution in [2.75, 3.05) is 32.2 Å². The molecule has 0 spiro atoms. The van der Waals surface area contributed by atoms with Gasteiger partial charge in [0.2, 0.25) is 0 Å². The monoisotopic (exact) mass is 194 g/mol. The number of unbranched alkanes of at least 4 members (excludes halogenated alkanes) is 1. The molecule has 4 heteroatoms. The quantitative estimate of drug-likeness (QED) is 0.445. The first-order chi connectivity index (χ1) is 5.91. The van der Waals surface area contributed by atoms with Gasteiger partial charge in [0.05, 0.1) is 26.4 Å². The highest BCUT2D eigenvalue weighted by Gasteiger charge is 1.89. The molecule has 0 aromatic carbocycles. The molecular formula is C8H18O3S. The van der Waals surface area contributed by atoms with Crippen LogP contribution in [0.25, 0.3) is 0 Å². The zero-order chi connectivity index (χ0) is 9.07. The fraction of sp³-hybridized carbons (Fsp3) is 1.00. The average Bonchev–Trinajstić information content (AvgIpc) is 2.10. The zero-order valence-corrected chi connectivity index (χ0v) is 8.44. The molecule has 0 amide bonds. The summed E-state index contributed by atoms with van der Waals surface area (Å²) in [6, 6.07) is 0. The Labute approximate surface area is 78.6 Å². The number of ether oxygens (including phenoxy) is 1. The van der Waals surface area contributed by atoms with Crippen molar-refractivity contribution in [1.29, 1.82) is 0 Å². The summed E-state index contributed by atoms with van der Waals surface area (Å²) in [5, 5.41) is 8.37. The smallest absolute Gasteiger partial charge is 0.0847 e. The summed E-state index contributed by atoms with van der Waals surface area (Å²) in [4.78, 5) is 0. The predicted molar refractivity (Wildman–Crippen MR) is 51.2 cm³/mol. The van der Waals surface area contributed by atoms with Crippen molar-refractivity contribution in [3.8, 4) is 0 Å². The summed E-state index contributed by atoms with van der Waals surface area (Å²) in [7, 11) is 0. The van der Waals surface area contributed by atoms with E-state index in [1.54, 1.807) is 0 Å². The van der Waals surface area contributed by atoms with Crippen LogP contribution >= 0.6 is 12.0 Å². The van der Waals surface area contributed by atoms with Gasteiger partial charge in [0, 0.05) is 5.75 Å². The Morgan fingerprint density at radius 1 is 1.25 bits per heavy atom. The van der Waals surface area contributed by atoms with E-state index < -0.39 is 0 Å². The molecule has 0 heterocycles. The second kappa shape index (κ2) is 11.2. The Morgan fingerprint density at radius 2 is 2.08 bits per heavy atom. The Kier molecular flexibility index (Phi) is 11.4. The van der Waals surface area contributed by atoms with Crippen LogP contribution < -0.4 is 0 Å². The molecule has 0 rings (SSSR count). The molecular weight excluding hydrogens is 176 g/mol. The summed E-state index contributed by atoms with van der Waals surface area (Å²) in [5.74, 6) is 1.05. The summed E-state index contributed by atoms with van der Waals surface area (Å²) < 4.78 is 10.2. The minimum absolute atomic E-state index is 0.0863. The molecule has 12 heavy (non-hydrogen) atoms. The van der Waals surface area contributed by atoms with Crippen molar-refractivity contribution in [2.24, 2.45) is 0 Å². The lowest BCUT2D eigenvalue weighted by Gasteiger charge is -2.02. The lowest BCUT2D eigenvalue weighted by molar-refractivity contribution is 0.0748. The van der Waals surface area contributed by atoms with Gasteiger partial charge in [0.1, 0.15) is 0 Å². The van der Waals surface area contributed by atoms with Crippen molar-refractivity contribution in [1.82, 2.24) is 0 Å². The fourth-order valence-corrected chi connectivity index (χ4v) is 1.29. The van der Waals surface area contributed by atoms with Gasteiger partial charge in [0.25, 0.3) is 0 Å². The van der Waals surface area contributed by atoms with E-state index in [1.165, 1.54) is 24.9 Å². The fourth-order valence-electron chi connectivity index (χ4n) is 0.581. The van der Waals surface area contributed by atoms with Gasteiger partial charge in [-0.3, -0.25) is 0 Å². The Morgan fingerprint density at radius 3 is 2.75 bits per heavy atom. The second-order valence-electron chi connectivity index (χ2n) is 2.33. The van der Waals surface area contributed by atoms with E-state index in [4.69, 9.17) is 14.0 Å². The average molecular weight is 194 g/mol. The molecule has 0 saturated carbocycles. The van der Waals surface area contributed by atoms with Crippen LogP contribution in [0.15, 0.2) is 0 Å². The van der Waals surface area contributed by atoms with Crippen LogP contribution in [-0.2, 0) is 8.92 Å². The highest BCUT2D eigenvalue weighted by atomic mass is 32.2. The molecule has 1 N–H and O–H groups in total. The van der Waals surface area contributed by atoms with Crippen molar-refractivity contribution < 1.29 is 14.0 Å². The van der Waals surface area contributed by atoms with Crippen LogP contribution in [0.3, 0.4) is 0 Å². The van der Waals surface area contributed by atoms with Gasteiger partial charge in [-0.1, -0.05) is 13.3 Å². The van der Waals surface area contributed by atoms with Crippen LogP contribution in [0.4, 0.5) is 0 Å². The predicted octanol–water partition coefficient (Wildman–Crippen LogP) is 1.46. The topological polar surface area (TPSA) is 38.7 Å². The van der Waals surface area contributed by atoms with Crippen LogP contribution in [0.2, 0.25) is 0 Å². The van der Waals surface area contributed by atoms with E-state index in [0.29, 0.717) is 19.8 Å². The van der Waals surface area contributed by atoms with Crippen LogP contribution in [0, 0.1) is 0 Å². The van der Waals surface area contributed by atoms with Gasteiger partial charge >= 0.3 is 0 Å². The Balaban J connectivity index is 2.73. The van der Waals surface area contributed by atoms with Gasteiger partial charge < -0.3 is 14.0 Å². The van der Waals surface area contributed by atoms with Gasteiger partial charge in [-0.15, -0.1) is 0 Å². The largest absolute Gasteiger partial charge is 0.394 e. The minimum atomic E-state index is 0.0863. The molecule has 0 fully saturated rings. The number of aliphatic hydroxyl groups excluding tert-OH is 1. The lowest BCUT2D eigenvalue weighted by Crippen LogP contribution is -2.04. The number of hydrogen-bond acceptors (Lipinski definition) is 4. The second-order valence-corrected chi connectivity index (χ2v) is 3.21. The number of hydrogen-bond donors (Lipinski definition) is 1. The van der Waals surface area contributed by atoms with E-state index in [0.717, 1.165) is 5.75 Å². The molecule has 0 bridgehead atoms. The van der Waals surface area contributed by atoms with Gasteiger partial charge in [-0.25, -0.2) is 0 Å². The van der Waals surface area contributed by atoms with Crippen molar-refractivity contribution in [3.05, 3.63) is 0 Å².